The number of hydrogen-bond acceptors (Lipinski definition) is 1. The molecule has 0 bridgehead atoms. The maximum Gasteiger partial charge on any atom is 0.258 e. The van der Waals surface area contributed by atoms with Gasteiger partial charge in [0.25, 0.3) is 5.56 Å². The highest BCUT2D eigenvalue weighted by atomic mass is 79.9. The molecule has 0 saturated heterocycles. The smallest absolute Gasteiger partial charge is 0.258 e. The number of aromatic nitrogens is 1. The zero-order valence-electron chi connectivity index (χ0n) is 10.4. The van der Waals surface area contributed by atoms with Crippen LogP contribution < -0.4 is 5.56 Å². The van der Waals surface area contributed by atoms with Crippen molar-refractivity contribution in [3.05, 3.63) is 45.3 Å². The van der Waals surface area contributed by atoms with E-state index in [9.17, 15) is 4.79 Å². The molecule has 0 saturated carbocycles. The van der Waals surface area contributed by atoms with E-state index in [0.717, 1.165) is 15.2 Å². The predicted octanol–water partition coefficient (Wildman–Crippen LogP) is 4.03. The monoisotopic (exact) mass is 327 g/mol. The molecule has 18 heavy (non-hydrogen) atoms. The summed E-state index contributed by atoms with van der Waals surface area (Å²) < 4.78 is 2.71. The molecule has 0 aliphatic rings. The average molecular weight is 329 g/mol. The van der Waals surface area contributed by atoms with Gasteiger partial charge in [0.15, 0.2) is 0 Å². The van der Waals surface area contributed by atoms with Gasteiger partial charge >= 0.3 is 0 Å². The van der Waals surface area contributed by atoms with Crippen LogP contribution in [0.2, 0.25) is 0 Å². The molecule has 1 aromatic heterocycles. The van der Waals surface area contributed by atoms with Crippen molar-refractivity contribution in [2.24, 2.45) is 5.41 Å². The highest BCUT2D eigenvalue weighted by Gasteiger charge is 2.18. The summed E-state index contributed by atoms with van der Waals surface area (Å²) in [5.74, 6) is 0.526. The van der Waals surface area contributed by atoms with Crippen LogP contribution in [0.1, 0.15) is 13.8 Å². The van der Waals surface area contributed by atoms with Gasteiger partial charge in [0, 0.05) is 28.5 Å². The van der Waals surface area contributed by atoms with Gasteiger partial charge in [0.05, 0.1) is 0 Å². The summed E-state index contributed by atoms with van der Waals surface area (Å²) in [5.41, 5.74) is -0.0489. The molecule has 0 amide bonds. The molecule has 0 fully saturated rings. The Hall–Kier alpha value is -0.800. The molecule has 2 rings (SSSR count). The van der Waals surface area contributed by atoms with Gasteiger partial charge < -0.3 is 4.57 Å². The minimum absolute atomic E-state index is 0.0400. The SMILES string of the molecule is CC(C)(CCl)Cn1ccc2cc(Br)ccc2c1=O. The summed E-state index contributed by atoms with van der Waals surface area (Å²) in [6, 6.07) is 7.66. The van der Waals surface area contributed by atoms with Crippen LogP contribution in [-0.2, 0) is 6.54 Å². The molecular weight excluding hydrogens is 314 g/mol. The molecule has 4 heteroatoms. The van der Waals surface area contributed by atoms with Gasteiger partial charge in [0.1, 0.15) is 0 Å². The quantitative estimate of drug-likeness (QED) is 0.780. The first-order chi connectivity index (χ1) is 8.43. The van der Waals surface area contributed by atoms with Crippen molar-refractivity contribution in [2.45, 2.75) is 20.4 Å². The first-order valence-corrected chi connectivity index (χ1v) is 7.10. The van der Waals surface area contributed by atoms with Crippen molar-refractivity contribution in [1.29, 1.82) is 0 Å². The van der Waals surface area contributed by atoms with E-state index in [-0.39, 0.29) is 11.0 Å². The van der Waals surface area contributed by atoms with Gasteiger partial charge in [-0.1, -0.05) is 29.8 Å². The van der Waals surface area contributed by atoms with Crippen LogP contribution in [0.3, 0.4) is 0 Å². The fourth-order valence-corrected chi connectivity index (χ4v) is 2.35. The van der Waals surface area contributed by atoms with Gasteiger partial charge in [-0.05, 0) is 35.1 Å². The van der Waals surface area contributed by atoms with Crippen molar-refractivity contribution in [3.8, 4) is 0 Å². The minimum atomic E-state index is -0.0889. The molecule has 0 radical (unpaired) electrons. The summed E-state index contributed by atoms with van der Waals surface area (Å²) >= 11 is 9.32. The second kappa shape index (κ2) is 5.06. The number of hydrogen-bond donors (Lipinski definition) is 0. The number of halogens is 2. The molecule has 2 aromatic rings. The Balaban J connectivity index is 2.52. The summed E-state index contributed by atoms with van der Waals surface area (Å²) in [6.07, 6.45) is 1.84. The number of alkyl halides is 1. The lowest BCUT2D eigenvalue weighted by Crippen LogP contribution is -2.29. The Kier molecular flexibility index (Phi) is 3.83. The van der Waals surface area contributed by atoms with Crippen molar-refractivity contribution < 1.29 is 0 Å². The van der Waals surface area contributed by atoms with Crippen LogP contribution in [0.25, 0.3) is 10.8 Å². The molecule has 2 nitrogen and oxygen atoms in total. The lowest BCUT2D eigenvalue weighted by atomic mass is 9.96. The van der Waals surface area contributed by atoms with E-state index >= 15 is 0 Å². The van der Waals surface area contributed by atoms with Gasteiger partial charge in [-0.15, -0.1) is 11.6 Å². The van der Waals surface area contributed by atoms with Crippen molar-refractivity contribution in [1.82, 2.24) is 4.57 Å². The van der Waals surface area contributed by atoms with Crippen molar-refractivity contribution in [2.75, 3.05) is 5.88 Å². The fourth-order valence-electron chi connectivity index (χ4n) is 1.89. The molecule has 0 spiro atoms. The van der Waals surface area contributed by atoms with E-state index in [1.807, 2.05) is 30.5 Å². The largest absolute Gasteiger partial charge is 0.314 e. The lowest BCUT2D eigenvalue weighted by Gasteiger charge is -2.22. The average Bonchev–Trinajstić information content (AvgIpc) is 2.33. The molecule has 1 aromatic carbocycles. The van der Waals surface area contributed by atoms with Crippen LogP contribution in [0.4, 0.5) is 0 Å². The maximum absolute atomic E-state index is 12.3. The fraction of sp³-hybridized carbons (Fsp3) is 0.357. The van der Waals surface area contributed by atoms with Crippen molar-refractivity contribution in [3.63, 3.8) is 0 Å². The molecule has 0 unspecified atom stereocenters. The van der Waals surface area contributed by atoms with E-state index in [4.69, 9.17) is 11.6 Å². The van der Waals surface area contributed by atoms with E-state index in [1.54, 1.807) is 4.57 Å². The van der Waals surface area contributed by atoms with Gasteiger partial charge in [-0.2, -0.15) is 0 Å². The topological polar surface area (TPSA) is 22.0 Å². The van der Waals surface area contributed by atoms with Crippen LogP contribution in [-0.4, -0.2) is 10.4 Å². The molecule has 1 heterocycles. The number of benzene rings is 1. The third-order valence-corrected chi connectivity index (χ3v) is 4.12. The van der Waals surface area contributed by atoms with E-state index in [2.05, 4.69) is 29.8 Å². The second-order valence-corrected chi connectivity index (χ2v) is 6.46. The predicted molar refractivity (Wildman–Crippen MR) is 80.4 cm³/mol. The highest BCUT2D eigenvalue weighted by molar-refractivity contribution is 9.10. The van der Waals surface area contributed by atoms with Crippen LogP contribution >= 0.6 is 27.5 Å². The number of nitrogens with zero attached hydrogens (tertiary/aromatic N) is 1. The van der Waals surface area contributed by atoms with Gasteiger partial charge in [-0.3, -0.25) is 4.79 Å². The van der Waals surface area contributed by atoms with Crippen molar-refractivity contribution >= 4 is 38.3 Å². The summed E-state index contributed by atoms with van der Waals surface area (Å²) in [4.78, 5) is 12.3. The number of pyridine rings is 1. The zero-order chi connectivity index (χ0) is 13.3. The standard InChI is InChI=1S/C14H15BrClNO/c1-14(2,8-16)9-17-6-5-10-7-11(15)3-4-12(10)13(17)18/h3-7H,8-9H2,1-2H3. The Labute approximate surface area is 120 Å². The van der Waals surface area contributed by atoms with Gasteiger partial charge in [-0.25, -0.2) is 0 Å². The Morgan fingerprint density at radius 2 is 2.06 bits per heavy atom. The molecule has 96 valence electrons. The van der Waals surface area contributed by atoms with Crippen LogP contribution in [0.15, 0.2) is 39.7 Å². The first-order valence-electron chi connectivity index (χ1n) is 5.78. The lowest BCUT2D eigenvalue weighted by molar-refractivity contribution is 0.345. The maximum atomic E-state index is 12.3. The third kappa shape index (κ3) is 2.78. The van der Waals surface area contributed by atoms with E-state index in [0.29, 0.717) is 12.4 Å². The van der Waals surface area contributed by atoms with E-state index in [1.165, 1.54) is 0 Å². The van der Waals surface area contributed by atoms with Gasteiger partial charge in [0.2, 0.25) is 0 Å². The summed E-state index contributed by atoms with van der Waals surface area (Å²) in [7, 11) is 0. The minimum Gasteiger partial charge on any atom is -0.314 e. The Bertz CT molecular complexity index is 633. The molecule has 0 N–H and O–H groups in total. The van der Waals surface area contributed by atoms with Crippen LogP contribution in [0.5, 0.6) is 0 Å². The zero-order valence-corrected chi connectivity index (χ0v) is 12.8. The second-order valence-electron chi connectivity index (χ2n) is 5.28. The molecule has 0 aliphatic heterocycles. The Morgan fingerprint density at radius 1 is 1.33 bits per heavy atom. The van der Waals surface area contributed by atoms with Crippen LogP contribution in [0, 0.1) is 5.41 Å². The summed E-state index contributed by atoms with van der Waals surface area (Å²) in [6.45, 7) is 4.73. The number of rotatable bonds is 3. The first kappa shape index (κ1) is 13.6. The third-order valence-electron chi connectivity index (χ3n) is 2.90. The number of fused-ring (bicyclic) bond motifs is 1. The molecular formula is C14H15BrClNO. The normalized spacial score (nSPS) is 12.0. The Morgan fingerprint density at radius 3 is 2.72 bits per heavy atom. The summed E-state index contributed by atoms with van der Waals surface area (Å²) in [5, 5.41) is 1.69. The highest BCUT2D eigenvalue weighted by Crippen LogP contribution is 2.21. The molecule has 0 aliphatic carbocycles. The van der Waals surface area contributed by atoms with E-state index < -0.39 is 0 Å². The molecule has 0 atom stereocenters.